The number of benzene rings is 2. The Hall–Kier alpha value is -2.24. The van der Waals surface area contributed by atoms with Gasteiger partial charge in [-0.25, -0.2) is 4.79 Å². The SMILES string of the molecule is O=C(O)c1cc(Cl)c(NC(=O)c2ccccc2O)c(Cl)c1. The first-order chi connectivity index (χ1) is 9.90. The Bertz CT molecular complexity index is 708. The molecule has 0 radical (unpaired) electrons. The average molecular weight is 326 g/mol. The maximum absolute atomic E-state index is 12.1. The quantitative estimate of drug-likeness (QED) is 0.803. The fraction of sp³-hybridized carbons (Fsp3) is 0. The summed E-state index contributed by atoms with van der Waals surface area (Å²) in [4.78, 5) is 22.9. The molecule has 2 aromatic rings. The van der Waals surface area contributed by atoms with Crippen LogP contribution in [0.5, 0.6) is 5.75 Å². The summed E-state index contributed by atoms with van der Waals surface area (Å²) in [7, 11) is 0. The third-order valence-corrected chi connectivity index (χ3v) is 3.27. The lowest BCUT2D eigenvalue weighted by atomic mass is 10.1. The summed E-state index contributed by atoms with van der Waals surface area (Å²) in [5.41, 5.74) is 0.0362. The van der Waals surface area contributed by atoms with E-state index in [9.17, 15) is 14.7 Å². The zero-order chi connectivity index (χ0) is 15.6. The molecule has 0 saturated heterocycles. The Morgan fingerprint density at radius 1 is 1.05 bits per heavy atom. The predicted octanol–water partition coefficient (Wildman–Crippen LogP) is 3.65. The summed E-state index contributed by atoms with van der Waals surface area (Å²) < 4.78 is 0. The van der Waals surface area contributed by atoms with Crippen molar-refractivity contribution in [2.75, 3.05) is 5.32 Å². The van der Waals surface area contributed by atoms with E-state index in [4.69, 9.17) is 28.3 Å². The molecule has 3 N–H and O–H groups in total. The highest BCUT2D eigenvalue weighted by Gasteiger charge is 2.16. The number of amides is 1. The first-order valence-corrected chi connectivity index (χ1v) is 6.47. The van der Waals surface area contributed by atoms with E-state index in [0.29, 0.717) is 0 Å². The molecule has 0 aliphatic heterocycles. The number of carbonyl (C=O) groups excluding carboxylic acids is 1. The zero-order valence-corrected chi connectivity index (χ0v) is 11.9. The van der Waals surface area contributed by atoms with Gasteiger partial charge in [0.1, 0.15) is 5.75 Å². The van der Waals surface area contributed by atoms with Gasteiger partial charge >= 0.3 is 5.97 Å². The minimum absolute atomic E-state index is 0.0105. The van der Waals surface area contributed by atoms with Crippen LogP contribution < -0.4 is 5.32 Å². The second-order valence-corrected chi connectivity index (χ2v) is 4.91. The van der Waals surface area contributed by atoms with Crippen molar-refractivity contribution in [1.29, 1.82) is 0 Å². The van der Waals surface area contributed by atoms with Crippen molar-refractivity contribution in [2.45, 2.75) is 0 Å². The van der Waals surface area contributed by atoms with Crippen molar-refractivity contribution in [1.82, 2.24) is 0 Å². The van der Waals surface area contributed by atoms with Crippen LogP contribution in [0.2, 0.25) is 10.0 Å². The van der Waals surface area contributed by atoms with Gasteiger partial charge in [0.15, 0.2) is 0 Å². The molecule has 0 bridgehead atoms. The first-order valence-electron chi connectivity index (χ1n) is 5.72. The number of phenols is 1. The highest BCUT2D eigenvalue weighted by molar-refractivity contribution is 6.40. The number of halogens is 2. The molecule has 7 heteroatoms. The third kappa shape index (κ3) is 3.26. The monoisotopic (exact) mass is 325 g/mol. The summed E-state index contributed by atoms with van der Waals surface area (Å²) >= 11 is 11.9. The molecular formula is C14H9Cl2NO4. The standard InChI is InChI=1S/C14H9Cl2NO4/c15-9-5-7(14(20)21)6-10(16)12(9)17-13(19)8-3-1-2-4-11(8)18/h1-6,18H,(H,17,19)(H,20,21). The fourth-order valence-electron chi connectivity index (χ4n) is 1.66. The highest BCUT2D eigenvalue weighted by atomic mass is 35.5. The first kappa shape index (κ1) is 15.2. The van der Waals surface area contributed by atoms with Gasteiger partial charge in [0.2, 0.25) is 0 Å². The van der Waals surface area contributed by atoms with Crippen molar-refractivity contribution < 1.29 is 19.8 Å². The van der Waals surface area contributed by atoms with Crippen molar-refractivity contribution in [2.24, 2.45) is 0 Å². The number of carboxylic acid groups (broad SMARTS) is 1. The fourth-order valence-corrected chi connectivity index (χ4v) is 2.24. The molecule has 0 aromatic heterocycles. The van der Waals surface area contributed by atoms with Crippen LogP contribution in [0.1, 0.15) is 20.7 Å². The van der Waals surface area contributed by atoms with Crippen LogP contribution in [0, 0.1) is 0 Å². The summed E-state index contributed by atoms with van der Waals surface area (Å²) in [6.07, 6.45) is 0. The van der Waals surface area contributed by atoms with E-state index in [1.807, 2.05) is 0 Å². The van der Waals surface area contributed by atoms with E-state index in [1.165, 1.54) is 24.3 Å². The van der Waals surface area contributed by atoms with Crippen LogP contribution >= 0.6 is 23.2 Å². The number of rotatable bonds is 3. The normalized spacial score (nSPS) is 10.2. The Balaban J connectivity index is 2.34. The number of hydrogen-bond donors (Lipinski definition) is 3. The Labute approximate surface area is 129 Å². The molecular weight excluding hydrogens is 317 g/mol. The van der Waals surface area contributed by atoms with Gasteiger partial charge in [-0.3, -0.25) is 4.79 Å². The second kappa shape index (κ2) is 6.03. The van der Waals surface area contributed by atoms with E-state index in [2.05, 4.69) is 5.32 Å². The van der Waals surface area contributed by atoms with Gasteiger partial charge in [-0.15, -0.1) is 0 Å². The van der Waals surface area contributed by atoms with Gasteiger partial charge < -0.3 is 15.5 Å². The van der Waals surface area contributed by atoms with Crippen LogP contribution in [0.3, 0.4) is 0 Å². The molecule has 0 unspecified atom stereocenters. The maximum Gasteiger partial charge on any atom is 0.335 e. The summed E-state index contributed by atoms with van der Waals surface area (Å²) in [5.74, 6) is -1.98. The van der Waals surface area contributed by atoms with Crippen LogP contribution in [0.25, 0.3) is 0 Å². The molecule has 0 atom stereocenters. The van der Waals surface area contributed by atoms with Crippen LogP contribution in [-0.2, 0) is 0 Å². The predicted molar refractivity (Wildman–Crippen MR) is 79.5 cm³/mol. The average Bonchev–Trinajstić information content (AvgIpc) is 2.42. The molecule has 108 valence electrons. The lowest BCUT2D eigenvalue weighted by Gasteiger charge is -2.11. The van der Waals surface area contributed by atoms with Crippen LogP contribution in [0.15, 0.2) is 36.4 Å². The van der Waals surface area contributed by atoms with Gasteiger partial charge in [-0.1, -0.05) is 35.3 Å². The minimum Gasteiger partial charge on any atom is -0.507 e. The smallest absolute Gasteiger partial charge is 0.335 e. The van der Waals surface area contributed by atoms with Crippen LogP contribution in [0.4, 0.5) is 5.69 Å². The van der Waals surface area contributed by atoms with Crippen molar-refractivity contribution >= 4 is 40.8 Å². The number of phenolic OH excluding ortho intramolecular Hbond substituents is 1. The number of nitrogens with one attached hydrogen (secondary N) is 1. The molecule has 2 rings (SSSR count). The van der Waals surface area contributed by atoms with E-state index >= 15 is 0 Å². The van der Waals surface area contributed by atoms with E-state index < -0.39 is 11.9 Å². The maximum atomic E-state index is 12.1. The van der Waals surface area contributed by atoms with Gasteiger partial charge in [0, 0.05) is 0 Å². The molecule has 21 heavy (non-hydrogen) atoms. The molecule has 0 saturated carbocycles. The summed E-state index contributed by atoms with van der Waals surface area (Å²) in [5, 5.41) is 20.9. The Kier molecular flexibility index (Phi) is 4.35. The third-order valence-electron chi connectivity index (χ3n) is 2.68. The Morgan fingerprint density at radius 3 is 2.14 bits per heavy atom. The van der Waals surface area contributed by atoms with Crippen LogP contribution in [-0.4, -0.2) is 22.1 Å². The number of anilines is 1. The molecule has 0 fully saturated rings. The van der Waals surface area contributed by atoms with Crippen molar-refractivity contribution in [3.63, 3.8) is 0 Å². The van der Waals surface area contributed by atoms with Gasteiger partial charge in [-0.2, -0.15) is 0 Å². The lowest BCUT2D eigenvalue weighted by Crippen LogP contribution is -2.13. The number of carbonyl (C=O) groups is 2. The molecule has 0 heterocycles. The largest absolute Gasteiger partial charge is 0.507 e. The van der Waals surface area contributed by atoms with Gasteiger partial charge in [-0.05, 0) is 24.3 Å². The molecule has 5 nitrogen and oxygen atoms in total. The van der Waals surface area contributed by atoms with E-state index in [0.717, 1.165) is 0 Å². The summed E-state index contributed by atoms with van der Waals surface area (Å²) in [6, 6.07) is 8.31. The topological polar surface area (TPSA) is 86.6 Å². The highest BCUT2D eigenvalue weighted by Crippen LogP contribution is 2.32. The number of para-hydroxylation sites is 1. The van der Waals surface area contributed by atoms with E-state index in [1.54, 1.807) is 12.1 Å². The van der Waals surface area contributed by atoms with Crippen molar-refractivity contribution in [3.05, 3.63) is 57.6 Å². The molecule has 2 aromatic carbocycles. The molecule has 0 aliphatic carbocycles. The number of aromatic hydroxyl groups is 1. The zero-order valence-electron chi connectivity index (χ0n) is 10.4. The lowest BCUT2D eigenvalue weighted by molar-refractivity contribution is 0.0696. The molecule has 1 amide bonds. The number of hydrogen-bond acceptors (Lipinski definition) is 3. The van der Waals surface area contributed by atoms with E-state index in [-0.39, 0.29) is 32.6 Å². The minimum atomic E-state index is -1.18. The van der Waals surface area contributed by atoms with Gasteiger partial charge in [0.25, 0.3) is 5.91 Å². The molecule has 0 aliphatic rings. The number of carboxylic acids is 1. The summed E-state index contributed by atoms with van der Waals surface area (Å²) in [6.45, 7) is 0. The Morgan fingerprint density at radius 2 is 1.62 bits per heavy atom. The second-order valence-electron chi connectivity index (χ2n) is 4.09. The van der Waals surface area contributed by atoms with Gasteiger partial charge in [0.05, 0.1) is 26.9 Å². The van der Waals surface area contributed by atoms with Crippen molar-refractivity contribution in [3.8, 4) is 5.75 Å². The number of aromatic carboxylic acids is 1. The molecule has 0 spiro atoms.